The van der Waals surface area contributed by atoms with E-state index in [9.17, 15) is 22.8 Å². The van der Waals surface area contributed by atoms with Crippen LogP contribution < -0.4 is 10.6 Å². The summed E-state index contributed by atoms with van der Waals surface area (Å²) in [5, 5.41) is 6.10. The molecule has 38 heavy (non-hydrogen) atoms. The van der Waals surface area contributed by atoms with Crippen molar-refractivity contribution in [3.8, 4) is 0 Å². The minimum Gasteiger partial charge on any atom is -0.444 e. The standard InChI is InChI=1S/C22H32F3N3O3.C7H8/c1-14(2)19-27-17(9-10-26-20(30)31-21(3,4)5)12-18(29)28(19)13-15-7-6-8-16(11-15)22(23,24)25;1-7-5-3-2-4-6-7/h6-8,11,14,17,19,27H,9-10,12-13H2,1-5H3,(H,26,30);2-6H,1H3. The first-order valence-electron chi connectivity index (χ1n) is 12.9. The number of halogens is 3. The van der Waals surface area contributed by atoms with Crippen LogP contribution in [0.15, 0.2) is 54.6 Å². The van der Waals surface area contributed by atoms with Gasteiger partial charge < -0.3 is 15.0 Å². The van der Waals surface area contributed by atoms with Crippen molar-refractivity contribution in [1.82, 2.24) is 15.5 Å². The lowest BCUT2D eigenvalue weighted by Gasteiger charge is -2.42. The van der Waals surface area contributed by atoms with Crippen LogP contribution in [0.1, 0.15) is 64.2 Å². The zero-order chi connectivity index (χ0) is 28.5. The molecule has 2 aromatic carbocycles. The molecule has 0 saturated carbocycles. The second-order valence-corrected chi connectivity index (χ2v) is 10.8. The van der Waals surface area contributed by atoms with Crippen molar-refractivity contribution >= 4 is 12.0 Å². The second kappa shape index (κ2) is 13.6. The summed E-state index contributed by atoms with van der Waals surface area (Å²) in [5.41, 5.74) is 0.438. The Bertz CT molecular complexity index is 1040. The third-order valence-electron chi connectivity index (χ3n) is 5.82. The molecule has 1 heterocycles. The molecule has 3 rings (SSSR count). The maximum absolute atomic E-state index is 13.0. The number of nitrogens with zero attached hydrogens (tertiary/aromatic N) is 1. The molecule has 0 radical (unpaired) electrons. The number of alkyl halides is 3. The van der Waals surface area contributed by atoms with Crippen molar-refractivity contribution < 1.29 is 27.5 Å². The maximum Gasteiger partial charge on any atom is 0.416 e. The number of rotatable bonds is 6. The Morgan fingerprint density at radius 3 is 2.29 bits per heavy atom. The van der Waals surface area contributed by atoms with Gasteiger partial charge in [-0.05, 0) is 57.7 Å². The van der Waals surface area contributed by atoms with Crippen molar-refractivity contribution in [3.63, 3.8) is 0 Å². The van der Waals surface area contributed by atoms with E-state index in [4.69, 9.17) is 4.74 Å². The van der Waals surface area contributed by atoms with Crippen molar-refractivity contribution in [2.24, 2.45) is 5.92 Å². The number of hydrogen-bond donors (Lipinski definition) is 2. The molecule has 6 nitrogen and oxygen atoms in total. The number of carbonyl (C=O) groups excluding carboxylic acids is 2. The molecule has 0 spiro atoms. The third-order valence-corrected chi connectivity index (χ3v) is 5.82. The van der Waals surface area contributed by atoms with Crippen LogP contribution in [0.3, 0.4) is 0 Å². The Kier molecular flexibility index (Phi) is 11.2. The smallest absolute Gasteiger partial charge is 0.416 e. The van der Waals surface area contributed by atoms with Gasteiger partial charge in [0.15, 0.2) is 0 Å². The fourth-order valence-corrected chi connectivity index (χ4v) is 4.04. The maximum atomic E-state index is 13.0. The molecular weight excluding hydrogens is 495 g/mol. The monoisotopic (exact) mass is 535 g/mol. The summed E-state index contributed by atoms with van der Waals surface area (Å²) in [4.78, 5) is 26.2. The first-order valence-corrected chi connectivity index (χ1v) is 12.9. The number of hydrogen-bond acceptors (Lipinski definition) is 4. The van der Waals surface area contributed by atoms with E-state index >= 15 is 0 Å². The molecule has 2 unspecified atom stereocenters. The first-order chi connectivity index (χ1) is 17.7. The summed E-state index contributed by atoms with van der Waals surface area (Å²) in [7, 11) is 0. The van der Waals surface area contributed by atoms with E-state index in [0.717, 1.165) is 12.1 Å². The molecule has 0 bridgehead atoms. The average molecular weight is 536 g/mol. The summed E-state index contributed by atoms with van der Waals surface area (Å²) in [6, 6.07) is 15.2. The minimum absolute atomic E-state index is 0.0522. The highest BCUT2D eigenvalue weighted by molar-refractivity contribution is 5.78. The summed E-state index contributed by atoms with van der Waals surface area (Å²) in [6.07, 6.45) is -4.52. The normalized spacial score (nSPS) is 18.1. The summed E-state index contributed by atoms with van der Waals surface area (Å²) in [6.45, 7) is 11.8. The first kappa shape index (κ1) is 31.1. The number of amides is 2. The molecule has 2 atom stereocenters. The lowest BCUT2D eigenvalue weighted by atomic mass is 9.99. The van der Waals surface area contributed by atoms with Crippen LogP contribution in [0.2, 0.25) is 0 Å². The van der Waals surface area contributed by atoms with E-state index in [0.29, 0.717) is 18.5 Å². The molecule has 1 fully saturated rings. The molecule has 0 aromatic heterocycles. The topological polar surface area (TPSA) is 70.7 Å². The molecule has 1 aliphatic rings. The van der Waals surface area contributed by atoms with Crippen molar-refractivity contribution in [1.29, 1.82) is 0 Å². The molecule has 210 valence electrons. The van der Waals surface area contributed by atoms with Crippen molar-refractivity contribution in [2.45, 2.75) is 84.9 Å². The number of ether oxygens (including phenoxy) is 1. The van der Waals surface area contributed by atoms with Crippen molar-refractivity contribution in [3.05, 3.63) is 71.3 Å². The van der Waals surface area contributed by atoms with Crippen LogP contribution in [0.5, 0.6) is 0 Å². The number of benzene rings is 2. The van der Waals surface area contributed by atoms with Crippen molar-refractivity contribution in [2.75, 3.05) is 6.54 Å². The van der Waals surface area contributed by atoms with Gasteiger partial charge in [0.2, 0.25) is 5.91 Å². The molecule has 1 saturated heterocycles. The average Bonchev–Trinajstić information content (AvgIpc) is 2.80. The van der Waals surface area contributed by atoms with Gasteiger partial charge in [-0.2, -0.15) is 13.2 Å². The van der Waals surface area contributed by atoms with Gasteiger partial charge in [-0.25, -0.2) is 4.79 Å². The van der Waals surface area contributed by atoms with E-state index in [2.05, 4.69) is 29.7 Å². The largest absolute Gasteiger partial charge is 0.444 e. The molecule has 2 N–H and O–H groups in total. The van der Waals surface area contributed by atoms with Gasteiger partial charge in [0.1, 0.15) is 5.60 Å². The van der Waals surface area contributed by atoms with E-state index in [1.807, 2.05) is 32.0 Å². The van der Waals surface area contributed by atoms with Gasteiger partial charge in [0, 0.05) is 25.6 Å². The summed E-state index contributed by atoms with van der Waals surface area (Å²) >= 11 is 0. The Morgan fingerprint density at radius 2 is 1.76 bits per heavy atom. The van der Waals surface area contributed by atoms with Crippen LogP contribution in [-0.4, -0.2) is 41.3 Å². The van der Waals surface area contributed by atoms with Crippen LogP contribution in [0.25, 0.3) is 0 Å². The third kappa shape index (κ3) is 10.7. The number of nitrogens with one attached hydrogen (secondary N) is 2. The van der Waals surface area contributed by atoms with Crippen LogP contribution in [-0.2, 0) is 22.3 Å². The quantitative estimate of drug-likeness (QED) is 0.456. The Labute approximate surface area is 223 Å². The van der Waals surface area contributed by atoms with Gasteiger partial charge >= 0.3 is 12.3 Å². The summed E-state index contributed by atoms with van der Waals surface area (Å²) < 4.78 is 44.2. The SMILES string of the molecule is CC(C)C1NC(CCNC(=O)OC(C)(C)C)CC(=O)N1Cc1cccc(C(F)(F)F)c1.Cc1ccccc1. The van der Waals surface area contributed by atoms with E-state index in [1.54, 1.807) is 31.7 Å². The molecule has 1 aliphatic heterocycles. The fraction of sp³-hybridized carbons (Fsp3) is 0.517. The van der Waals surface area contributed by atoms with Crippen LogP contribution >= 0.6 is 0 Å². The van der Waals surface area contributed by atoms with Gasteiger partial charge in [-0.3, -0.25) is 10.1 Å². The zero-order valence-corrected chi connectivity index (χ0v) is 23.1. The number of aryl methyl sites for hydroxylation is 1. The number of alkyl carbamates (subject to hydrolysis) is 1. The zero-order valence-electron chi connectivity index (χ0n) is 23.1. The Hall–Kier alpha value is -3.07. The van der Waals surface area contributed by atoms with Crippen LogP contribution in [0, 0.1) is 12.8 Å². The molecule has 2 aromatic rings. The molecule has 9 heteroatoms. The Balaban J connectivity index is 0.000000624. The predicted molar refractivity (Wildman–Crippen MR) is 142 cm³/mol. The molecule has 0 aliphatic carbocycles. The highest BCUT2D eigenvalue weighted by Crippen LogP contribution is 2.30. The fourth-order valence-electron chi connectivity index (χ4n) is 4.04. The Morgan fingerprint density at radius 1 is 1.11 bits per heavy atom. The number of carbonyl (C=O) groups is 2. The van der Waals surface area contributed by atoms with E-state index in [1.165, 1.54) is 11.6 Å². The van der Waals surface area contributed by atoms with Gasteiger partial charge in [0.05, 0.1) is 11.7 Å². The lowest BCUT2D eigenvalue weighted by molar-refractivity contribution is -0.141. The second-order valence-electron chi connectivity index (χ2n) is 10.8. The predicted octanol–water partition coefficient (Wildman–Crippen LogP) is 6.29. The molecular formula is C29H40F3N3O3. The van der Waals surface area contributed by atoms with Gasteiger partial charge in [-0.1, -0.05) is 61.9 Å². The lowest BCUT2D eigenvalue weighted by Crippen LogP contribution is -2.60. The van der Waals surface area contributed by atoms with E-state index < -0.39 is 23.4 Å². The summed E-state index contributed by atoms with van der Waals surface area (Å²) in [5.74, 6) is -0.0755. The van der Waals surface area contributed by atoms with Gasteiger partial charge in [-0.15, -0.1) is 0 Å². The van der Waals surface area contributed by atoms with Crippen LogP contribution in [0.4, 0.5) is 18.0 Å². The van der Waals surface area contributed by atoms with E-state index in [-0.39, 0.29) is 37.0 Å². The highest BCUT2D eigenvalue weighted by Gasteiger charge is 2.35. The minimum atomic E-state index is -4.43. The van der Waals surface area contributed by atoms with Gasteiger partial charge in [0.25, 0.3) is 0 Å². The molecule has 2 amide bonds. The highest BCUT2D eigenvalue weighted by atomic mass is 19.4.